The van der Waals surface area contributed by atoms with Crippen LogP contribution in [0.2, 0.25) is 0 Å². The summed E-state index contributed by atoms with van der Waals surface area (Å²) in [6.45, 7) is 11.8. The first-order chi connectivity index (χ1) is 19.6. The van der Waals surface area contributed by atoms with Crippen LogP contribution in [0.5, 0.6) is 5.75 Å². The molecule has 0 aliphatic heterocycles. The molecule has 9 nitrogen and oxygen atoms in total. The van der Waals surface area contributed by atoms with Crippen LogP contribution in [-0.2, 0) is 10.8 Å². The summed E-state index contributed by atoms with van der Waals surface area (Å²) in [6.07, 6.45) is 0. The van der Waals surface area contributed by atoms with Crippen molar-refractivity contribution in [1.82, 2.24) is 4.98 Å². The predicted octanol–water partition coefficient (Wildman–Crippen LogP) is 6.86. The van der Waals surface area contributed by atoms with Crippen LogP contribution in [0.25, 0.3) is 10.9 Å². The lowest BCUT2D eigenvalue weighted by molar-refractivity contribution is -0.384. The molecule has 1 aromatic heterocycles. The normalized spacial score (nSPS) is 15.1. The number of nitrogens with one attached hydrogen (secondary N) is 1. The number of pyridine rings is 1. The number of non-ortho nitro benzene ring substituents is 1. The molecule has 0 bridgehead atoms. The molecule has 0 fully saturated rings. The Bertz CT molecular complexity index is 1790. The summed E-state index contributed by atoms with van der Waals surface area (Å²) in [7, 11) is 0. The smallest absolute Gasteiger partial charge is 0.270 e. The molecule has 3 aromatic carbocycles. The number of aromatic nitrogens is 1. The van der Waals surface area contributed by atoms with E-state index in [0.717, 1.165) is 6.07 Å². The van der Waals surface area contributed by atoms with Crippen molar-refractivity contribution in [1.29, 1.82) is 0 Å². The van der Waals surface area contributed by atoms with E-state index in [1.165, 1.54) is 12.1 Å². The Labute approximate surface area is 242 Å². The summed E-state index contributed by atoms with van der Waals surface area (Å²) in [6, 6.07) is 15.6. The maximum absolute atomic E-state index is 13.6. The Kier molecular flexibility index (Phi) is 6.72. The van der Waals surface area contributed by atoms with Gasteiger partial charge in [-0.25, -0.2) is 4.98 Å². The van der Waals surface area contributed by atoms with Crippen molar-refractivity contribution in [3.05, 3.63) is 104 Å². The number of aromatic hydroxyl groups is 1. The Morgan fingerprint density at radius 2 is 1.50 bits per heavy atom. The van der Waals surface area contributed by atoms with Crippen molar-refractivity contribution in [2.75, 3.05) is 5.32 Å². The second-order valence-electron chi connectivity index (χ2n) is 12.6. The Morgan fingerprint density at radius 3 is 2.10 bits per heavy atom. The van der Waals surface area contributed by atoms with Gasteiger partial charge in [-0.05, 0) is 41.2 Å². The minimum absolute atomic E-state index is 0.000630. The monoisotopic (exact) mass is 565 g/mol. The average Bonchev–Trinajstić information content (AvgIpc) is 3.16. The molecule has 1 unspecified atom stereocenters. The van der Waals surface area contributed by atoms with Gasteiger partial charge in [-0.2, -0.15) is 0 Å². The van der Waals surface area contributed by atoms with Gasteiger partial charge in [0.05, 0.1) is 21.8 Å². The molecule has 9 heteroatoms. The van der Waals surface area contributed by atoms with E-state index in [1.807, 2.05) is 41.5 Å². The zero-order valence-corrected chi connectivity index (χ0v) is 24.2. The number of phenols is 1. The summed E-state index contributed by atoms with van der Waals surface area (Å²) in [5.74, 6) is -2.51. The van der Waals surface area contributed by atoms with Gasteiger partial charge in [-0.15, -0.1) is 0 Å². The molecular weight excluding hydrogens is 534 g/mol. The summed E-state index contributed by atoms with van der Waals surface area (Å²) in [5.41, 5.74) is 1.63. The number of nitro groups is 1. The molecule has 0 spiro atoms. The minimum Gasteiger partial charge on any atom is -0.507 e. The third-order valence-corrected chi connectivity index (χ3v) is 7.54. The van der Waals surface area contributed by atoms with Crippen LogP contribution in [0, 0.1) is 10.1 Å². The lowest BCUT2D eigenvalue weighted by atomic mass is 9.78. The topological polar surface area (TPSA) is 140 Å². The first-order valence-electron chi connectivity index (χ1n) is 13.5. The molecular formula is C33H31N3O6. The van der Waals surface area contributed by atoms with Gasteiger partial charge in [0.1, 0.15) is 11.7 Å². The molecule has 1 aliphatic carbocycles. The number of ketones is 2. The zero-order chi connectivity index (χ0) is 30.7. The van der Waals surface area contributed by atoms with Crippen LogP contribution >= 0.6 is 0 Å². The Balaban J connectivity index is 1.54. The maximum atomic E-state index is 13.6. The van der Waals surface area contributed by atoms with E-state index < -0.39 is 39.1 Å². The number of nitro benzene ring substituents is 1. The maximum Gasteiger partial charge on any atom is 0.270 e. The Hall–Kier alpha value is -4.92. The van der Waals surface area contributed by atoms with Crippen molar-refractivity contribution in [3.8, 4) is 5.75 Å². The molecule has 1 heterocycles. The van der Waals surface area contributed by atoms with Crippen molar-refractivity contribution in [2.24, 2.45) is 0 Å². The first kappa shape index (κ1) is 28.6. The quantitative estimate of drug-likeness (QED) is 0.156. The highest BCUT2D eigenvalue weighted by Gasteiger charge is 2.41. The number of carbonyl (C=O) groups is 3. The van der Waals surface area contributed by atoms with Crippen LogP contribution in [0.15, 0.2) is 60.7 Å². The van der Waals surface area contributed by atoms with Gasteiger partial charge in [-0.1, -0.05) is 59.7 Å². The number of benzene rings is 3. The van der Waals surface area contributed by atoms with Crippen LogP contribution < -0.4 is 5.32 Å². The van der Waals surface area contributed by atoms with Gasteiger partial charge in [0.15, 0.2) is 11.6 Å². The van der Waals surface area contributed by atoms with Crippen LogP contribution in [-0.4, -0.2) is 32.5 Å². The third-order valence-electron chi connectivity index (χ3n) is 7.54. The number of amides is 1. The molecule has 42 heavy (non-hydrogen) atoms. The summed E-state index contributed by atoms with van der Waals surface area (Å²) < 4.78 is 0. The van der Waals surface area contributed by atoms with Crippen molar-refractivity contribution >= 4 is 39.8 Å². The largest absolute Gasteiger partial charge is 0.507 e. The minimum atomic E-state index is -1.24. The number of para-hydroxylation sites is 1. The van der Waals surface area contributed by atoms with E-state index in [4.69, 9.17) is 0 Å². The first-order valence-corrected chi connectivity index (χ1v) is 13.5. The van der Waals surface area contributed by atoms with E-state index in [9.17, 15) is 29.6 Å². The van der Waals surface area contributed by atoms with E-state index >= 15 is 0 Å². The fourth-order valence-electron chi connectivity index (χ4n) is 5.29. The highest BCUT2D eigenvalue weighted by Crippen LogP contribution is 2.40. The van der Waals surface area contributed by atoms with Crippen LogP contribution in [0.4, 0.5) is 11.4 Å². The van der Waals surface area contributed by atoms with Gasteiger partial charge in [0.25, 0.3) is 11.6 Å². The second-order valence-corrected chi connectivity index (χ2v) is 12.6. The number of nitrogens with zero attached hydrogens (tertiary/aromatic N) is 2. The van der Waals surface area contributed by atoms with E-state index in [0.29, 0.717) is 33.3 Å². The van der Waals surface area contributed by atoms with E-state index in [-0.39, 0.29) is 28.3 Å². The number of phenolic OH excluding ortho intramolecular Hbond substituents is 1. The van der Waals surface area contributed by atoms with Gasteiger partial charge < -0.3 is 10.4 Å². The van der Waals surface area contributed by atoms with E-state index in [1.54, 1.807) is 42.5 Å². The Morgan fingerprint density at radius 1 is 0.881 bits per heavy atom. The van der Waals surface area contributed by atoms with Crippen molar-refractivity contribution < 1.29 is 24.4 Å². The molecule has 1 atom stereocenters. The van der Waals surface area contributed by atoms with E-state index in [2.05, 4.69) is 10.3 Å². The lowest BCUT2D eigenvalue weighted by Crippen LogP contribution is -2.21. The molecule has 0 radical (unpaired) electrons. The standard InChI is InChI=1S/C33H31N3O6/c1-32(2,3)22-14-18(15-23(30(22)39)33(4,5)6)31(40)35-25-9-7-8-17-10-13-24(34-27(17)25)26-28(37)20-12-11-19(36(41)42)16-21(20)29(26)38/h7-16,26,39H,1-6H3,(H,35,40). The number of Topliss-reactive ketones (excluding diaryl/α,β-unsaturated/α-hetero) is 2. The number of hydrogen-bond donors (Lipinski definition) is 2. The number of carbonyl (C=O) groups excluding carboxylic acids is 3. The number of hydrogen-bond acceptors (Lipinski definition) is 7. The molecule has 0 saturated carbocycles. The lowest BCUT2D eigenvalue weighted by Gasteiger charge is -2.28. The third kappa shape index (κ3) is 4.91. The zero-order valence-electron chi connectivity index (χ0n) is 24.2. The molecule has 0 saturated heterocycles. The predicted molar refractivity (Wildman–Crippen MR) is 160 cm³/mol. The fourth-order valence-corrected chi connectivity index (χ4v) is 5.29. The highest BCUT2D eigenvalue weighted by molar-refractivity contribution is 6.29. The molecule has 2 N–H and O–H groups in total. The number of anilines is 1. The van der Waals surface area contributed by atoms with Gasteiger partial charge in [-0.3, -0.25) is 24.5 Å². The van der Waals surface area contributed by atoms with Gasteiger partial charge >= 0.3 is 0 Å². The van der Waals surface area contributed by atoms with Crippen molar-refractivity contribution in [3.63, 3.8) is 0 Å². The fraction of sp³-hybridized carbons (Fsp3) is 0.273. The second kappa shape index (κ2) is 9.87. The average molecular weight is 566 g/mol. The van der Waals surface area contributed by atoms with Crippen LogP contribution in [0.1, 0.15) is 95.4 Å². The van der Waals surface area contributed by atoms with Gasteiger partial charge in [0.2, 0.25) is 0 Å². The number of fused-ring (bicyclic) bond motifs is 2. The number of rotatable bonds is 4. The molecule has 214 valence electrons. The summed E-state index contributed by atoms with van der Waals surface area (Å²) in [5, 5.41) is 25.9. The SMILES string of the molecule is CC(C)(C)c1cc(C(=O)Nc2cccc3ccc(C4C(=O)c5ccc([N+](=O)[O-])cc5C4=O)nc23)cc(C(C)(C)C)c1O. The molecule has 1 amide bonds. The molecule has 4 aromatic rings. The van der Waals surface area contributed by atoms with Crippen LogP contribution in [0.3, 0.4) is 0 Å². The van der Waals surface area contributed by atoms with Crippen molar-refractivity contribution in [2.45, 2.75) is 58.3 Å². The summed E-state index contributed by atoms with van der Waals surface area (Å²) >= 11 is 0. The molecule has 1 aliphatic rings. The highest BCUT2D eigenvalue weighted by atomic mass is 16.6. The van der Waals surface area contributed by atoms with Gasteiger partial charge in [0, 0.05) is 45.3 Å². The molecule has 5 rings (SSSR count). The summed E-state index contributed by atoms with van der Waals surface area (Å²) in [4.78, 5) is 55.3.